The van der Waals surface area contributed by atoms with Crippen LogP contribution in [0.25, 0.3) is 0 Å². The molecule has 2 atom stereocenters. The van der Waals surface area contributed by atoms with Gasteiger partial charge in [0.1, 0.15) is 12.2 Å². The SMILES string of the molecule is CCCn1ncnc1CC1(N)CCCC(CC(C)C)C1. The molecule has 1 saturated carbocycles. The third kappa shape index (κ3) is 4.05. The molecule has 1 fully saturated rings. The summed E-state index contributed by atoms with van der Waals surface area (Å²) in [4.78, 5) is 4.43. The van der Waals surface area contributed by atoms with Crippen LogP contribution >= 0.6 is 0 Å². The van der Waals surface area contributed by atoms with Gasteiger partial charge in [0.25, 0.3) is 0 Å². The molecule has 0 amide bonds. The van der Waals surface area contributed by atoms with Crippen LogP contribution in [0.1, 0.15) is 65.1 Å². The van der Waals surface area contributed by atoms with Gasteiger partial charge >= 0.3 is 0 Å². The van der Waals surface area contributed by atoms with Crippen LogP contribution in [-0.4, -0.2) is 20.3 Å². The Balaban J connectivity index is 2.00. The number of nitrogens with zero attached hydrogens (tertiary/aromatic N) is 3. The van der Waals surface area contributed by atoms with Crippen LogP contribution in [0.3, 0.4) is 0 Å². The van der Waals surface area contributed by atoms with Crippen molar-refractivity contribution >= 4 is 0 Å². The van der Waals surface area contributed by atoms with E-state index in [2.05, 4.69) is 30.9 Å². The van der Waals surface area contributed by atoms with E-state index >= 15 is 0 Å². The van der Waals surface area contributed by atoms with Crippen LogP contribution in [0.4, 0.5) is 0 Å². The van der Waals surface area contributed by atoms with Crippen molar-refractivity contribution in [3.8, 4) is 0 Å². The van der Waals surface area contributed by atoms with Gasteiger partial charge in [-0.05, 0) is 37.5 Å². The lowest BCUT2D eigenvalue weighted by Gasteiger charge is -2.38. The Labute approximate surface area is 123 Å². The number of aryl methyl sites for hydroxylation is 1. The van der Waals surface area contributed by atoms with Crippen molar-refractivity contribution in [2.45, 2.75) is 77.8 Å². The maximum Gasteiger partial charge on any atom is 0.138 e. The highest BCUT2D eigenvalue weighted by Gasteiger charge is 2.34. The minimum absolute atomic E-state index is 0.0731. The summed E-state index contributed by atoms with van der Waals surface area (Å²) in [6, 6.07) is 0. The highest BCUT2D eigenvalue weighted by Crippen LogP contribution is 2.36. The maximum absolute atomic E-state index is 6.70. The van der Waals surface area contributed by atoms with E-state index in [9.17, 15) is 0 Å². The topological polar surface area (TPSA) is 56.7 Å². The van der Waals surface area contributed by atoms with Crippen molar-refractivity contribution in [1.82, 2.24) is 14.8 Å². The second-order valence-corrected chi connectivity index (χ2v) is 7.03. The maximum atomic E-state index is 6.70. The number of rotatable bonds is 6. The monoisotopic (exact) mass is 278 g/mol. The Kier molecular flexibility index (Phi) is 5.19. The summed E-state index contributed by atoms with van der Waals surface area (Å²) < 4.78 is 2.03. The van der Waals surface area contributed by atoms with Crippen molar-refractivity contribution in [3.05, 3.63) is 12.2 Å². The van der Waals surface area contributed by atoms with E-state index in [0.29, 0.717) is 0 Å². The Morgan fingerprint density at radius 3 is 3.00 bits per heavy atom. The Morgan fingerprint density at radius 1 is 1.50 bits per heavy atom. The Bertz CT molecular complexity index is 412. The van der Waals surface area contributed by atoms with E-state index in [4.69, 9.17) is 5.73 Å². The van der Waals surface area contributed by atoms with Gasteiger partial charge in [0.05, 0.1) is 0 Å². The third-order valence-corrected chi connectivity index (χ3v) is 4.43. The average molecular weight is 278 g/mol. The molecule has 4 nitrogen and oxygen atoms in total. The predicted octanol–water partition coefficient (Wildman–Crippen LogP) is 3.16. The van der Waals surface area contributed by atoms with E-state index in [1.807, 2.05) is 4.68 Å². The van der Waals surface area contributed by atoms with Crippen LogP contribution in [0.15, 0.2) is 6.33 Å². The lowest BCUT2D eigenvalue weighted by molar-refractivity contribution is 0.196. The number of aromatic nitrogens is 3. The van der Waals surface area contributed by atoms with E-state index in [0.717, 1.165) is 49.9 Å². The molecule has 4 heteroatoms. The van der Waals surface area contributed by atoms with E-state index in [1.165, 1.54) is 19.3 Å². The zero-order valence-electron chi connectivity index (χ0n) is 13.3. The zero-order chi connectivity index (χ0) is 14.6. The number of nitrogens with two attached hydrogens (primary N) is 1. The first-order chi connectivity index (χ1) is 9.52. The first kappa shape index (κ1) is 15.5. The Morgan fingerprint density at radius 2 is 2.30 bits per heavy atom. The standard InChI is InChI=1S/C16H30N4/c1-4-8-20-15(18-12-19-20)11-16(17)7-5-6-14(10-16)9-13(2)3/h12-14H,4-11,17H2,1-3H3. The first-order valence-corrected chi connectivity index (χ1v) is 8.18. The summed E-state index contributed by atoms with van der Waals surface area (Å²) in [5.74, 6) is 2.63. The molecule has 2 N–H and O–H groups in total. The normalized spacial score (nSPS) is 27.1. The summed E-state index contributed by atoms with van der Waals surface area (Å²) in [5, 5.41) is 4.32. The van der Waals surface area contributed by atoms with Gasteiger partial charge in [0.2, 0.25) is 0 Å². The summed E-state index contributed by atoms with van der Waals surface area (Å²) in [7, 11) is 0. The van der Waals surface area contributed by atoms with Gasteiger partial charge in [0.15, 0.2) is 0 Å². The minimum Gasteiger partial charge on any atom is -0.325 e. The molecule has 0 aromatic carbocycles. The summed E-state index contributed by atoms with van der Waals surface area (Å²) >= 11 is 0. The molecule has 1 heterocycles. The summed E-state index contributed by atoms with van der Waals surface area (Å²) in [6.07, 6.45) is 9.81. The smallest absolute Gasteiger partial charge is 0.138 e. The van der Waals surface area contributed by atoms with Gasteiger partial charge in [-0.2, -0.15) is 5.10 Å². The molecule has 1 aliphatic rings. The quantitative estimate of drug-likeness (QED) is 0.869. The number of hydrogen-bond donors (Lipinski definition) is 1. The van der Waals surface area contributed by atoms with Crippen molar-refractivity contribution < 1.29 is 0 Å². The fourth-order valence-electron chi connectivity index (χ4n) is 3.69. The van der Waals surface area contributed by atoms with Gasteiger partial charge in [-0.1, -0.05) is 33.6 Å². The molecule has 0 saturated heterocycles. The van der Waals surface area contributed by atoms with Gasteiger partial charge in [0, 0.05) is 18.5 Å². The van der Waals surface area contributed by atoms with Crippen LogP contribution in [0.2, 0.25) is 0 Å². The van der Waals surface area contributed by atoms with Crippen molar-refractivity contribution in [2.75, 3.05) is 0 Å². The summed E-state index contributed by atoms with van der Waals surface area (Å²) in [6.45, 7) is 7.74. The molecule has 0 bridgehead atoms. The highest BCUT2D eigenvalue weighted by molar-refractivity contribution is 5.00. The van der Waals surface area contributed by atoms with E-state index in [-0.39, 0.29) is 5.54 Å². The van der Waals surface area contributed by atoms with E-state index in [1.54, 1.807) is 6.33 Å². The lowest BCUT2D eigenvalue weighted by Crippen LogP contribution is -2.47. The first-order valence-electron chi connectivity index (χ1n) is 8.18. The third-order valence-electron chi connectivity index (χ3n) is 4.43. The zero-order valence-corrected chi connectivity index (χ0v) is 13.3. The molecular formula is C16H30N4. The van der Waals surface area contributed by atoms with Gasteiger partial charge < -0.3 is 5.73 Å². The van der Waals surface area contributed by atoms with Gasteiger partial charge in [-0.3, -0.25) is 4.68 Å². The predicted molar refractivity (Wildman–Crippen MR) is 82.3 cm³/mol. The average Bonchev–Trinajstić information content (AvgIpc) is 2.75. The second kappa shape index (κ2) is 6.70. The number of hydrogen-bond acceptors (Lipinski definition) is 3. The molecule has 1 aromatic rings. The largest absolute Gasteiger partial charge is 0.325 e. The molecule has 1 aliphatic carbocycles. The van der Waals surface area contributed by atoms with Gasteiger partial charge in [-0.25, -0.2) is 4.98 Å². The molecular weight excluding hydrogens is 248 g/mol. The molecule has 2 rings (SSSR count). The second-order valence-electron chi connectivity index (χ2n) is 7.03. The lowest BCUT2D eigenvalue weighted by atomic mass is 9.72. The summed E-state index contributed by atoms with van der Waals surface area (Å²) in [5.41, 5.74) is 6.63. The fraction of sp³-hybridized carbons (Fsp3) is 0.875. The molecule has 114 valence electrons. The molecule has 0 aliphatic heterocycles. The molecule has 0 spiro atoms. The van der Waals surface area contributed by atoms with Crippen LogP contribution < -0.4 is 5.73 Å². The van der Waals surface area contributed by atoms with Crippen molar-refractivity contribution in [1.29, 1.82) is 0 Å². The highest BCUT2D eigenvalue weighted by atomic mass is 15.3. The fourth-order valence-corrected chi connectivity index (χ4v) is 3.69. The Hall–Kier alpha value is -0.900. The molecule has 1 aromatic heterocycles. The molecule has 2 unspecified atom stereocenters. The molecule has 0 radical (unpaired) electrons. The molecule has 20 heavy (non-hydrogen) atoms. The minimum atomic E-state index is -0.0731. The van der Waals surface area contributed by atoms with Crippen LogP contribution in [0, 0.1) is 11.8 Å². The van der Waals surface area contributed by atoms with Gasteiger partial charge in [-0.15, -0.1) is 0 Å². The van der Waals surface area contributed by atoms with Crippen LogP contribution in [0.5, 0.6) is 0 Å². The van der Waals surface area contributed by atoms with Crippen LogP contribution in [-0.2, 0) is 13.0 Å². The van der Waals surface area contributed by atoms with E-state index < -0.39 is 0 Å². The van der Waals surface area contributed by atoms with Crippen molar-refractivity contribution in [3.63, 3.8) is 0 Å². The van der Waals surface area contributed by atoms with Crippen molar-refractivity contribution in [2.24, 2.45) is 17.6 Å².